The standard InChI is InChI=1S/C21H32BrClN2O4/c1-7-28-19(27)17(29-20(2,3)4)14-16(15(22)13(12-26)24-18(14)23)25-10-8-21(5,6)9-11-25/h17,26H,7-12H2,1-6H3/t17-/m0/s1. The van der Waals surface area contributed by atoms with E-state index in [0.717, 1.165) is 31.6 Å². The molecule has 8 heteroatoms. The molecule has 2 heterocycles. The van der Waals surface area contributed by atoms with E-state index in [2.05, 4.69) is 39.7 Å². The molecule has 6 nitrogen and oxygen atoms in total. The molecule has 0 bridgehead atoms. The highest BCUT2D eigenvalue weighted by Gasteiger charge is 2.37. The van der Waals surface area contributed by atoms with Gasteiger partial charge >= 0.3 is 5.97 Å². The fourth-order valence-electron chi connectivity index (χ4n) is 3.36. The van der Waals surface area contributed by atoms with Crippen LogP contribution in [-0.2, 0) is 20.9 Å². The Labute approximate surface area is 187 Å². The van der Waals surface area contributed by atoms with Gasteiger partial charge in [-0.05, 0) is 61.9 Å². The van der Waals surface area contributed by atoms with E-state index in [0.29, 0.717) is 15.7 Å². The first kappa shape index (κ1) is 24.4. The third-order valence-corrected chi connectivity index (χ3v) is 6.11. The molecule has 1 saturated heterocycles. The van der Waals surface area contributed by atoms with Crippen LogP contribution >= 0.6 is 27.5 Å². The Balaban J connectivity index is 2.64. The van der Waals surface area contributed by atoms with Crippen LogP contribution in [0, 0.1) is 5.41 Å². The van der Waals surface area contributed by atoms with E-state index in [9.17, 15) is 9.90 Å². The predicted molar refractivity (Wildman–Crippen MR) is 118 cm³/mol. The molecule has 1 aliphatic rings. The molecule has 0 aliphatic carbocycles. The summed E-state index contributed by atoms with van der Waals surface area (Å²) in [4.78, 5) is 19.4. The largest absolute Gasteiger partial charge is 0.464 e. The number of hydrogen-bond acceptors (Lipinski definition) is 6. The van der Waals surface area contributed by atoms with Gasteiger partial charge in [-0.1, -0.05) is 25.4 Å². The Bertz CT molecular complexity index is 739. The summed E-state index contributed by atoms with van der Waals surface area (Å²) in [6.45, 7) is 13.5. The number of rotatable bonds is 6. The molecule has 1 N–H and O–H groups in total. The third kappa shape index (κ3) is 6.06. The molecule has 1 aromatic rings. The number of pyridine rings is 1. The first-order valence-corrected chi connectivity index (χ1v) is 11.2. The van der Waals surface area contributed by atoms with Crippen molar-refractivity contribution in [3.8, 4) is 0 Å². The highest BCUT2D eigenvalue weighted by molar-refractivity contribution is 9.10. The van der Waals surface area contributed by atoms with Gasteiger partial charge in [0.25, 0.3) is 0 Å². The number of carbonyl (C=O) groups excluding carboxylic acids is 1. The molecule has 1 atom stereocenters. The van der Waals surface area contributed by atoms with Crippen molar-refractivity contribution in [1.29, 1.82) is 0 Å². The maximum Gasteiger partial charge on any atom is 0.340 e. The fourth-order valence-corrected chi connectivity index (χ4v) is 4.33. The molecule has 0 aromatic carbocycles. The Morgan fingerprint density at radius 2 is 1.93 bits per heavy atom. The lowest BCUT2D eigenvalue weighted by Gasteiger charge is -2.40. The van der Waals surface area contributed by atoms with Crippen LogP contribution in [-0.4, -0.2) is 41.4 Å². The van der Waals surface area contributed by atoms with Crippen molar-refractivity contribution in [3.63, 3.8) is 0 Å². The highest BCUT2D eigenvalue weighted by atomic mass is 79.9. The molecule has 29 heavy (non-hydrogen) atoms. The Morgan fingerprint density at radius 1 is 1.34 bits per heavy atom. The van der Waals surface area contributed by atoms with E-state index in [1.807, 2.05) is 20.8 Å². The van der Waals surface area contributed by atoms with Gasteiger partial charge in [0.2, 0.25) is 0 Å². The van der Waals surface area contributed by atoms with Gasteiger partial charge in [-0.15, -0.1) is 0 Å². The third-order valence-electron chi connectivity index (χ3n) is 4.99. The van der Waals surface area contributed by atoms with Gasteiger partial charge in [-0.3, -0.25) is 0 Å². The van der Waals surface area contributed by atoms with Crippen molar-refractivity contribution in [2.24, 2.45) is 5.41 Å². The Hall–Kier alpha value is -0.890. The van der Waals surface area contributed by atoms with Gasteiger partial charge in [0.15, 0.2) is 6.10 Å². The topological polar surface area (TPSA) is 71.9 Å². The van der Waals surface area contributed by atoms with Crippen molar-refractivity contribution in [2.75, 3.05) is 24.6 Å². The summed E-state index contributed by atoms with van der Waals surface area (Å²) in [5.74, 6) is -0.506. The van der Waals surface area contributed by atoms with Crippen LogP contribution < -0.4 is 4.90 Å². The normalized spacial score (nSPS) is 17.9. The summed E-state index contributed by atoms with van der Waals surface area (Å²) < 4.78 is 12.0. The first-order valence-electron chi connectivity index (χ1n) is 9.98. The number of aromatic nitrogens is 1. The van der Waals surface area contributed by atoms with E-state index in [4.69, 9.17) is 21.1 Å². The number of ether oxygens (including phenoxy) is 2. The van der Waals surface area contributed by atoms with Crippen LogP contribution in [0.1, 0.15) is 71.7 Å². The van der Waals surface area contributed by atoms with Gasteiger partial charge in [0.05, 0.1) is 40.2 Å². The van der Waals surface area contributed by atoms with E-state index in [1.54, 1.807) is 6.92 Å². The van der Waals surface area contributed by atoms with Crippen LogP contribution in [0.5, 0.6) is 0 Å². The summed E-state index contributed by atoms with van der Waals surface area (Å²) >= 11 is 10.2. The van der Waals surface area contributed by atoms with Crippen LogP contribution in [0.2, 0.25) is 5.15 Å². The van der Waals surface area contributed by atoms with E-state index < -0.39 is 17.7 Å². The molecule has 0 amide bonds. The van der Waals surface area contributed by atoms with Crippen LogP contribution in [0.25, 0.3) is 0 Å². The monoisotopic (exact) mass is 490 g/mol. The Kier molecular flexibility index (Phi) is 7.99. The summed E-state index contributed by atoms with van der Waals surface area (Å²) in [7, 11) is 0. The number of aliphatic hydroxyl groups is 1. The Morgan fingerprint density at radius 3 is 2.41 bits per heavy atom. The summed E-state index contributed by atoms with van der Waals surface area (Å²) in [5, 5.41) is 9.90. The number of carbonyl (C=O) groups is 1. The number of piperidine rings is 1. The molecule has 1 aliphatic heterocycles. The second-order valence-corrected chi connectivity index (χ2v) is 10.2. The average Bonchev–Trinajstić information content (AvgIpc) is 2.61. The molecular weight excluding hydrogens is 460 g/mol. The van der Waals surface area contributed by atoms with E-state index in [-0.39, 0.29) is 23.8 Å². The number of halogens is 2. The van der Waals surface area contributed by atoms with Crippen LogP contribution in [0.15, 0.2) is 4.47 Å². The SMILES string of the molecule is CCOC(=O)[C@@H](OC(C)(C)C)c1c(Cl)nc(CO)c(Br)c1N1CCC(C)(C)CC1. The minimum atomic E-state index is -1.02. The number of nitrogens with zero attached hydrogens (tertiary/aromatic N) is 2. The minimum absolute atomic E-state index is 0.138. The van der Waals surface area contributed by atoms with Crippen molar-refractivity contribution in [2.45, 2.75) is 72.7 Å². The van der Waals surface area contributed by atoms with Gasteiger partial charge < -0.3 is 19.5 Å². The lowest BCUT2D eigenvalue weighted by molar-refractivity contribution is -0.166. The second kappa shape index (κ2) is 9.50. The maximum atomic E-state index is 12.9. The zero-order chi connectivity index (χ0) is 22.0. The molecule has 164 valence electrons. The maximum absolute atomic E-state index is 12.9. The number of aliphatic hydroxyl groups excluding tert-OH is 1. The molecule has 1 aromatic heterocycles. The van der Waals surface area contributed by atoms with Crippen molar-refractivity contribution in [1.82, 2.24) is 4.98 Å². The fraction of sp³-hybridized carbons (Fsp3) is 0.714. The second-order valence-electron chi connectivity index (χ2n) is 9.10. The van der Waals surface area contributed by atoms with Crippen molar-refractivity contribution >= 4 is 39.2 Å². The van der Waals surface area contributed by atoms with Crippen molar-refractivity contribution in [3.05, 3.63) is 20.9 Å². The molecule has 0 radical (unpaired) electrons. The number of hydrogen-bond donors (Lipinski definition) is 1. The first-order chi connectivity index (χ1) is 13.4. The van der Waals surface area contributed by atoms with Gasteiger partial charge in [-0.25, -0.2) is 9.78 Å². The number of esters is 1. The summed E-state index contributed by atoms with van der Waals surface area (Å²) in [5.41, 5.74) is 1.29. The molecular formula is C21H32BrClN2O4. The number of anilines is 1. The predicted octanol–water partition coefficient (Wildman–Crippen LogP) is 5.04. The zero-order valence-corrected chi connectivity index (χ0v) is 20.5. The van der Waals surface area contributed by atoms with Gasteiger partial charge in [-0.2, -0.15) is 0 Å². The van der Waals surface area contributed by atoms with Crippen LogP contribution in [0.3, 0.4) is 0 Å². The minimum Gasteiger partial charge on any atom is -0.464 e. The molecule has 0 saturated carbocycles. The molecule has 0 unspecified atom stereocenters. The summed E-state index contributed by atoms with van der Waals surface area (Å²) in [6, 6.07) is 0. The quantitative estimate of drug-likeness (QED) is 0.444. The molecule has 1 fully saturated rings. The lowest BCUT2D eigenvalue weighted by Crippen LogP contribution is -2.39. The summed E-state index contributed by atoms with van der Waals surface area (Å²) in [6.07, 6.45) is 0.971. The molecule has 2 rings (SSSR count). The molecule has 0 spiro atoms. The highest BCUT2D eigenvalue weighted by Crippen LogP contribution is 2.44. The van der Waals surface area contributed by atoms with Gasteiger partial charge in [0.1, 0.15) is 5.15 Å². The van der Waals surface area contributed by atoms with Crippen molar-refractivity contribution < 1.29 is 19.4 Å². The van der Waals surface area contributed by atoms with Gasteiger partial charge in [0, 0.05) is 13.1 Å². The smallest absolute Gasteiger partial charge is 0.340 e. The lowest BCUT2D eigenvalue weighted by atomic mass is 9.82. The van der Waals surface area contributed by atoms with E-state index in [1.165, 1.54) is 0 Å². The van der Waals surface area contributed by atoms with E-state index >= 15 is 0 Å². The average molecular weight is 492 g/mol. The zero-order valence-electron chi connectivity index (χ0n) is 18.1. The van der Waals surface area contributed by atoms with Crippen LogP contribution in [0.4, 0.5) is 5.69 Å².